The van der Waals surface area contributed by atoms with Gasteiger partial charge in [0.2, 0.25) is 5.91 Å². The molecule has 0 radical (unpaired) electrons. The third-order valence-corrected chi connectivity index (χ3v) is 5.10. The van der Waals surface area contributed by atoms with Gasteiger partial charge < -0.3 is 9.64 Å². The number of morpholine rings is 1. The second-order valence-electron chi connectivity index (χ2n) is 6.76. The van der Waals surface area contributed by atoms with Crippen molar-refractivity contribution in [1.29, 1.82) is 0 Å². The summed E-state index contributed by atoms with van der Waals surface area (Å²) >= 11 is 0. The number of carbonyl (C=O) groups excluding carboxylic acids is 1. The Kier molecular flexibility index (Phi) is 5.02. The number of aromatic nitrogens is 2. The van der Waals surface area contributed by atoms with Crippen LogP contribution < -0.4 is 0 Å². The molecule has 0 bridgehead atoms. The molecule has 2 atom stereocenters. The summed E-state index contributed by atoms with van der Waals surface area (Å²) in [4.78, 5) is 17.3. The summed E-state index contributed by atoms with van der Waals surface area (Å²) in [5.74, 6) is 0.260. The van der Waals surface area contributed by atoms with Crippen LogP contribution in [0, 0.1) is 13.8 Å². The Morgan fingerprint density at radius 2 is 2.09 bits per heavy atom. The maximum atomic E-state index is 12.9. The third-order valence-electron chi connectivity index (χ3n) is 5.10. The topological polar surface area (TPSA) is 50.6 Å². The van der Waals surface area contributed by atoms with E-state index < -0.39 is 0 Å². The van der Waals surface area contributed by atoms with E-state index >= 15 is 0 Å². The Hall–Kier alpha value is -1.40. The number of amides is 1. The fraction of sp³-hybridized carbons (Fsp3) is 0.765. The number of ether oxygens (including phenoxy) is 1. The zero-order valence-corrected chi connectivity index (χ0v) is 14.5. The monoisotopic (exact) mass is 320 g/mol. The van der Waals surface area contributed by atoms with Gasteiger partial charge in [0.05, 0.1) is 37.5 Å². The van der Waals surface area contributed by atoms with Crippen molar-refractivity contribution in [2.75, 3.05) is 32.8 Å². The molecular formula is C17H28N4O2. The first-order valence-corrected chi connectivity index (χ1v) is 8.69. The first-order chi connectivity index (χ1) is 11.1. The molecule has 2 aliphatic heterocycles. The van der Waals surface area contributed by atoms with E-state index in [1.807, 2.05) is 18.5 Å². The summed E-state index contributed by atoms with van der Waals surface area (Å²) in [5, 5.41) is 4.55. The van der Waals surface area contributed by atoms with E-state index in [1.165, 1.54) is 5.69 Å². The zero-order chi connectivity index (χ0) is 16.4. The number of aryl methyl sites for hydroxylation is 2. The summed E-state index contributed by atoms with van der Waals surface area (Å²) in [6.07, 6.45) is 2.16. The van der Waals surface area contributed by atoms with Crippen LogP contribution in [0.3, 0.4) is 0 Å². The van der Waals surface area contributed by atoms with E-state index in [0.29, 0.717) is 0 Å². The second-order valence-corrected chi connectivity index (χ2v) is 6.76. The molecule has 3 rings (SSSR count). The Balaban J connectivity index is 1.65. The summed E-state index contributed by atoms with van der Waals surface area (Å²) in [6, 6.07) is 2.31. The molecule has 0 saturated carbocycles. The Labute approximate surface area is 138 Å². The molecule has 2 saturated heterocycles. The molecule has 1 aromatic rings. The van der Waals surface area contributed by atoms with E-state index in [4.69, 9.17) is 4.74 Å². The van der Waals surface area contributed by atoms with Crippen molar-refractivity contribution in [2.24, 2.45) is 0 Å². The minimum atomic E-state index is -0.0556. The van der Waals surface area contributed by atoms with Gasteiger partial charge in [0.15, 0.2) is 0 Å². The lowest BCUT2D eigenvalue weighted by atomic mass is 10.2. The quantitative estimate of drug-likeness (QED) is 0.837. The first kappa shape index (κ1) is 16.5. The molecule has 2 fully saturated rings. The second kappa shape index (κ2) is 7.01. The molecule has 6 heteroatoms. The Bertz CT molecular complexity index is 551. The van der Waals surface area contributed by atoms with Crippen molar-refractivity contribution in [3.63, 3.8) is 0 Å². The molecule has 0 aliphatic carbocycles. The predicted molar refractivity (Wildman–Crippen MR) is 88.3 cm³/mol. The van der Waals surface area contributed by atoms with E-state index in [1.54, 1.807) is 0 Å². The van der Waals surface area contributed by atoms with Crippen molar-refractivity contribution >= 4 is 5.91 Å². The molecule has 0 spiro atoms. The molecular weight excluding hydrogens is 292 g/mol. The van der Waals surface area contributed by atoms with E-state index in [-0.39, 0.29) is 18.0 Å². The van der Waals surface area contributed by atoms with Crippen LogP contribution in [-0.4, -0.2) is 70.4 Å². The third kappa shape index (κ3) is 3.58. The average Bonchev–Trinajstić information content (AvgIpc) is 3.13. The molecule has 0 aromatic carbocycles. The number of hydrogen-bond donors (Lipinski definition) is 0. The molecule has 2 unspecified atom stereocenters. The average molecular weight is 320 g/mol. The van der Waals surface area contributed by atoms with Gasteiger partial charge in [0, 0.05) is 25.3 Å². The largest absolute Gasteiger partial charge is 0.379 e. The van der Waals surface area contributed by atoms with Crippen LogP contribution in [0.2, 0.25) is 0 Å². The molecule has 6 nitrogen and oxygen atoms in total. The minimum Gasteiger partial charge on any atom is -0.379 e. The number of rotatable bonds is 4. The normalized spacial score (nSPS) is 24.1. The van der Waals surface area contributed by atoms with Crippen molar-refractivity contribution in [3.8, 4) is 0 Å². The fourth-order valence-corrected chi connectivity index (χ4v) is 3.74. The minimum absolute atomic E-state index is 0.0556. The summed E-state index contributed by atoms with van der Waals surface area (Å²) in [6.45, 7) is 11.0. The van der Waals surface area contributed by atoms with Crippen LogP contribution in [0.1, 0.15) is 31.2 Å². The SMILES string of the molecule is Cc1cc(C)n(CC2CCCN2C(=O)C(C)N2CCOCC2)n1. The summed E-state index contributed by atoms with van der Waals surface area (Å²) in [7, 11) is 0. The number of carbonyl (C=O) groups is 1. The van der Waals surface area contributed by atoms with Gasteiger partial charge >= 0.3 is 0 Å². The van der Waals surface area contributed by atoms with Crippen LogP contribution in [0.5, 0.6) is 0 Å². The molecule has 1 amide bonds. The van der Waals surface area contributed by atoms with Crippen LogP contribution in [0.25, 0.3) is 0 Å². The van der Waals surface area contributed by atoms with Gasteiger partial charge in [-0.2, -0.15) is 5.10 Å². The summed E-state index contributed by atoms with van der Waals surface area (Å²) < 4.78 is 7.44. The standard InChI is InChI=1S/C17H28N4O2/c1-13-11-14(2)21(18-13)12-16-5-4-6-20(16)17(22)15(3)19-7-9-23-10-8-19/h11,15-16H,4-10,12H2,1-3H3. The van der Waals surface area contributed by atoms with Gasteiger partial charge in [0.25, 0.3) is 0 Å². The predicted octanol–water partition coefficient (Wildman–Crippen LogP) is 1.21. The van der Waals surface area contributed by atoms with E-state index in [2.05, 4.69) is 27.9 Å². The van der Waals surface area contributed by atoms with Crippen molar-refractivity contribution < 1.29 is 9.53 Å². The van der Waals surface area contributed by atoms with Crippen molar-refractivity contribution in [1.82, 2.24) is 19.6 Å². The van der Waals surface area contributed by atoms with Gasteiger partial charge in [-0.1, -0.05) is 0 Å². The molecule has 128 valence electrons. The Morgan fingerprint density at radius 1 is 1.35 bits per heavy atom. The van der Waals surface area contributed by atoms with Crippen LogP contribution >= 0.6 is 0 Å². The lowest BCUT2D eigenvalue weighted by Gasteiger charge is -2.35. The highest BCUT2D eigenvalue weighted by Crippen LogP contribution is 2.22. The van der Waals surface area contributed by atoms with Gasteiger partial charge in [-0.05, 0) is 39.7 Å². The van der Waals surface area contributed by atoms with Crippen LogP contribution in [-0.2, 0) is 16.1 Å². The van der Waals surface area contributed by atoms with Gasteiger partial charge in [-0.25, -0.2) is 0 Å². The lowest BCUT2D eigenvalue weighted by Crippen LogP contribution is -2.52. The van der Waals surface area contributed by atoms with Crippen LogP contribution in [0.15, 0.2) is 6.07 Å². The molecule has 0 N–H and O–H groups in total. The Morgan fingerprint density at radius 3 is 2.74 bits per heavy atom. The molecule has 3 heterocycles. The summed E-state index contributed by atoms with van der Waals surface area (Å²) in [5.41, 5.74) is 2.21. The number of hydrogen-bond acceptors (Lipinski definition) is 4. The van der Waals surface area contributed by atoms with E-state index in [0.717, 1.165) is 57.9 Å². The maximum Gasteiger partial charge on any atom is 0.239 e. The fourth-order valence-electron chi connectivity index (χ4n) is 3.74. The van der Waals surface area contributed by atoms with Gasteiger partial charge in [-0.15, -0.1) is 0 Å². The number of likely N-dealkylation sites (tertiary alicyclic amines) is 1. The zero-order valence-electron chi connectivity index (χ0n) is 14.5. The molecule has 2 aliphatic rings. The molecule has 1 aromatic heterocycles. The van der Waals surface area contributed by atoms with Crippen molar-refractivity contribution in [2.45, 2.75) is 52.2 Å². The lowest BCUT2D eigenvalue weighted by molar-refractivity contribution is -0.139. The van der Waals surface area contributed by atoms with Crippen LogP contribution in [0.4, 0.5) is 0 Å². The molecule has 23 heavy (non-hydrogen) atoms. The highest BCUT2D eigenvalue weighted by molar-refractivity contribution is 5.82. The smallest absolute Gasteiger partial charge is 0.239 e. The number of nitrogens with zero attached hydrogens (tertiary/aromatic N) is 4. The van der Waals surface area contributed by atoms with Gasteiger partial charge in [-0.3, -0.25) is 14.4 Å². The van der Waals surface area contributed by atoms with Gasteiger partial charge in [0.1, 0.15) is 0 Å². The first-order valence-electron chi connectivity index (χ1n) is 8.69. The maximum absolute atomic E-state index is 12.9. The van der Waals surface area contributed by atoms with Crippen molar-refractivity contribution in [3.05, 3.63) is 17.5 Å². The highest BCUT2D eigenvalue weighted by atomic mass is 16.5. The highest BCUT2D eigenvalue weighted by Gasteiger charge is 2.34. The van der Waals surface area contributed by atoms with E-state index in [9.17, 15) is 4.79 Å².